The van der Waals surface area contributed by atoms with Gasteiger partial charge in [0.05, 0.1) is 5.56 Å². The van der Waals surface area contributed by atoms with Crippen molar-refractivity contribution < 1.29 is 18.8 Å². The largest absolute Gasteiger partial charge is 0.367 e. The molecule has 7 nitrogen and oxygen atoms in total. The summed E-state index contributed by atoms with van der Waals surface area (Å²) in [4.78, 5) is 44.7. The minimum Gasteiger partial charge on any atom is -0.367 e. The van der Waals surface area contributed by atoms with Gasteiger partial charge in [-0.05, 0) is 68.5 Å². The third-order valence-electron chi connectivity index (χ3n) is 7.59. The number of benzene rings is 2. The molecule has 0 atom stereocenters. The number of halogens is 1. The number of nitrogens with one attached hydrogen (secondary N) is 1. The zero-order valence-electron chi connectivity index (χ0n) is 20.5. The molecular weight excluding hydrogens is 459 g/mol. The Morgan fingerprint density at radius 2 is 1.50 bits per heavy atom. The summed E-state index contributed by atoms with van der Waals surface area (Å²) in [6.07, 6.45) is 6.06. The summed E-state index contributed by atoms with van der Waals surface area (Å²) in [7, 11) is 0. The Bertz CT molecular complexity index is 1140. The number of rotatable bonds is 5. The minimum atomic E-state index is -0.426. The van der Waals surface area contributed by atoms with E-state index >= 15 is 0 Å². The molecule has 190 valence electrons. The summed E-state index contributed by atoms with van der Waals surface area (Å²) < 4.78 is 13.6. The van der Waals surface area contributed by atoms with Crippen LogP contribution in [0.1, 0.15) is 59.2 Å². The Balaban J connectivity index is 1.33. The number of hydrogen-bond acceptors (Lipinski definition) is 4. The molecule has 2 aromatic rings. The van der Waals surface area contributed by atoms with E-state index in [-0.39, 0.29) is 23.6 Å². The number of carbonyl (C=O) groups excluding carboxylic acids is 3. The molecule has 2 heterocycles. The quantitative estimate of drug-likeness (QED) is 0.681. The normalized spacial score (nSPS) is 18.5. The van der Waals surface area contributed by atoms with Crippen molar-refractivity contribution in [1.82, 2.24) is 9.80 Å². The van der Waals surface area contributed by atoms with Crippen LogP contribution in [0.15, 0.2) is 42.5 Å². The topological polar surface area (TPSA) is 73.0 Å². The fourth-order valence-corrected chi connectivity index (χ4v) is 5.20. The molecule has 8 heteroatoms. The van der Waals surface area contributed by atoms with Gasteiger partial charge >= 0.3 is 0 Å². The summed E-state index contributed by atoms with van der Waals surface area (Å²) in [5.74, 6) is -0.537. The maximum atomic E-state index is 13.6. The fourth-order valence-electron chi connectivity index (χ4n) is 5.20. The monoisotopic (exact) mass is 492 g/mol. The number of amides is 3. The van der Waals surface area contributed by atoms with Gasteiger partial charge in [-0.2, -0.15) is 0 Å². The second-order valence-corrected chi connectivity index (χ2v) is 9.99. The molecule has 0 unspecified atom stereocenters. The number of anilines is 2. The Labute approximate surface area is 211 Å². The molecule has 0 aromatic heterocycles. The van der Waals surface area contributed by atoms with E-state index < -0.39 is 5.82 Å². The van der Waals surface area contributed by atoms with Crippen LogP contribution < -0.4 is 10.2 Å². The molecule has 2 aromatic carbocycles. The molecule has 3 amide bonds. The Morgan fingerprint density at radius 3 is 2.17 bits per heavy atom. The molecule has 5 rings (SSSR count). The number of hydrogen-bond donors (Lipinski definition) is 1. The Kier molecular flexibility index (Phi) is 7.20. The van der Waals surface area contributed by atoms with Crippen LogP contribution in [0.5, 0.6) is 0 Å². The number of piperidine rings is 1. The van der Waals surface area contributed by atoms with Gasteiger partial charge in [0.15, 0.2) is 0 Å². The Morgan fingerprint density at radius 1 is 0.778 bits per heavy atom. The van der Waals surface area contributed by atoms with Gasteiger partial charge in [-0.1, -0.05) is 12.5 Å². The van der Waals surface area contributed by atoms with Gasteiger partial charge in [-0.25, -0.2) is 4.39 Å². The Hall–Kier alpha value is -3.42. The highest BCUT2D eigenvalue weighted by Crippen LogP contribution is 2.31. The van der Waals surface area contributed by atoms with E-state index in [1.54, 1.807) is 17.0 Å². The van der Waals surface area contributed by atoms with Crippen LogP contribution >= 0.6 is 0 Å². The molecule has 36 heavy (non-hydrogen) atoms. The van der Waals surface area contributed by atoms with Crippen molar-refractivity contribution in [2.75, 3.05) is 49.5 Å². The van der Waals surface area contributed by atoms with Gasteiger partial charge in [-0.3, -0.25) is 14.4 Å². The van der Waals surface area contributed by atoms with Crippen molar-refractivity contribution in [3.63, 3.8) is 0 Å². The van der Waals surface area contributed by atoms with Crippen LogP contribution in [-0.2, 0) is 4.79 Å². The lowest BCUT2D eigenvalue weighted by atomic mass is 9.85. The first-order chi connectivity index (χ1) is 17.5. The highest BCUT2D eigenvalue weighted by molar-refractivity contribution is 6.02. The average Bonchev–Trinajstić information content (AvgIpc) is 2.87. The third-order valence-corrected chi connectivity index (χ3v) is 7.59. The molecule has 1 aliphatic carbocycles. The highest BCUT2D eigenvalue weighted by atomic mass is 19.1. The molecule has 0 bridgehead atoms. The molecule has 2 saturated heterocycles. The molecular formula is C28H33FN4O3. The molecule has 3 fully saturated rings. The smallest absolute Gasteiger partial charge is 0.256 e. The second-order valence-electron chi connectivity index (χ2n) is 9.99. The molecule has 0 spiro atoms. The van der Waals surface area contributed by atoms with Crippen molar-refractivity contribution in [1.29, 1.82) is 0 Å². The fraction of sp³-hybridized carbons (Fsp3) is 0.464. The lowest BCUT2D eigenvalue weighted by molar-refractivity contribution is -0.122. The van der Waals surface area contributed by atoms with Crippen molar-refractivity contribution in [2.45, 2.75) is 38.5 Å². The number of carbonyl (C=O) groups is 3. The van der Waals surface area contributed by atoms with Gasteiger partial charge in [0.25, 0.3) is 11.8 Å². The van der Waals surface area contributed by atoms with E-state index in [4.69, 9.17) is 0 Å². The summed E-state index contributed by atoms with van der Waals surface area (Å²) in [5, 5.41) is 3.01. The molecule has 3 aliphatic rings. The second kappa shape index (κ2) is 10.7. The van der Waals surface area contributed by atoms with Crippen LogP contribution in [0.4, 0.5) is 15.8 Å². The predicted octanol–water partition coefficient (Wildman–Crippen LogP) is 4.15. The van der Waals surface area contributed by atoms with Crippen LogP contribution in [0.25, 0.3) is 0 Å². The number of likely N-dealkylation sites (tertiary alicyclic amines) is 1. The number of nitrogens with zero attached hydrogens (tertiary/aromatic N) is 3. The van der Waals surface area contributed by atoms with Crippen LogP contribution in [-0.4, -0.2) is 66.8 Å². The van der Waals surface area contributed by atoms with Gasteiger partial charge in [0.1, 0.15) is 5.82 Å². The summed E-state index contributed by atoms with van der Waals surface area (Å²) in [5.41, 5.74) is 2.41. The third kappa shape index (κ3) is 5.22. The maximum absolute atomic E-state index is 13.6. The zero-order chi connectivity index (χ0) is 25.1. The van der Waals surface area contributed by atoms with Crippen molar-refractivity contribution >= 4 is 29.1 Å². The maximum Gasteiger partial charge on any atom is 0.256 e. The van der Waals surface area contributed by atoms with Gasteiger partial charge < -0.3 is 20.0 Å². The lowest BCUT2D eigenvalue weighted by Crippen LogP contribution is -2.49. The highest BCUT2D eigenvalue weighted by Gasteiger charge is 2.29. The van der Waals surface area contributed by atoms with E-state index in [0.717, 1.165) is 57.3 Å². The standard InChI is InChI=1S/C28H33FN4O3/c29-22-9-5-8-21(18-22)27(35)33-16-14-31(15-17-33)25-11-10-23(30-26(34)20-6-4-7-20)19-24(25)28(36)32-12-2-1-3-13-32/h5,8-11,18-20H,1-4,6-7,12-17H2,(H,30,34). The lowest BCUT2D eigenvalue weighted by Gasteiger charge is -2.37. The van der Waals surface area contributed by atoms with Crippen LogP contribution in [0.2, 0.25) is 0 Å². The van der Waals surface area contributed by atoms with E-state index in [2.05, 4.69) is 10.2 Å². The summed E-state index contributed by atoms with van der Waals surface area (Å²) >= 11 is 0. The van der Waals surface area contributed by atoms with Gasteiger partial charge in [-0.15, -0.1) is 0 Å². The average molecular weight is 493 g/mol. The molecule has 1 N–H and O–H groups in total. The molecule has 0 radical (unpaired) electrons. The van der Waals surface area contributed by atoms with Crippen molar-refractivity contribution in [3.8, 4) is 0 Å². The van der Waals surface area contributed by atoms with E-state index in [9.17, 15) is 18.8 Å². The van der Waals surface area contributed by atoms with Gasteiger partial charge in [0, 0.05) is 62.1 Å². The van der Waals surface area contributed by atoms with Crippen LogP contribution in [0.3, 0.4) is 0 Å². The SMILES string of the molecule is O=C(Nc1ccc(N2CCN(C(=O)c3cccc(F)c3)CC2)c(C(=O)N2CCCCC2)c1)C1CCC1. The first-order valence-electron chi connectivity index (χ1n) is 13.0. The molecule has 2 aliphatic heterocycles. The van der Waals surface area contributed by atoms with Crippen LogP contribution in [0, 0.1) is 11.7 Å². The zero-order valence-corrected chi connectivity index (χ0v) is 20.5. The van der Waals surface area contributed by atoms with Crippen molar-refractivity contribution in [3.05, 3.63) is 59.4 Å². The van der Waals surface area contributed by atoms with E-state index in [0.29, 0.717) is 43.0 Å². The van der Waals surface area contributed by atoms with E-state index in [1.165, 1.54) is 12.1 Å². The number of piperazine rings is 1. The van der Waals surface area contributed by atoms with Gasteiger partial charge in [0.2, 0.25) is 5.91 Å². The summed E-state index contributed by atoms with van der Waals surface area (Å²) in [6, 6.07) is 11.4. The predicted molar refractivity (Wildman–Crippen MR) is 137 cm³/mol. The van der Waals surface area contributed by atoms with E-state index in [1.807, 2.05) is 23.1 Å². The first-order valence-corrected chi connectivity index (χ1v) is 13.0. The summed E-state index contributed by atoms with van der Waals surface area (Å²) in [6.45, 7) is 3.57. The first kappa shape index (κ1) is 24.3. The molecule has 1 saturated carbocycles. The minimum absolute atomic E-state index is 0.0114. The van der Waals surface area contributed by atoms with Crippen molar-refractivity contribution in [2.24, 2.45) is 5.92 Å².